The molecule has 0 heterocycles. The lowest BCUT2D eigenvalue weighted by Crippen LogP contribution is -2.11. The summed E-state index contributed by atoms with van der Waals surface area (Å²) in [6.07, 6.45) is 1.25. The molecule has 0 spiro atoms. The summed E-state index contributed by atoms with van der Waals surface area (Å²) in [6.45, 7) is -2.93. The van der Waals surface area contributed by atoms with Crippen molar-refractivity contribution >= 4 is 28.3 Å². The zero-order chi connectivity index (χ0) is 13.4. The fraction of sp³-hybridized carbons (Fsp3) is 0. The molecule has 5 heteroatoms. The summed E-state index contributed by atoms with van der Waals surface area (Å²) < 4.78 is 12.4. The molecule has 0 atom stereocenters. The molecule has 0 radical (unpaired) electrons. The average Bonchev–Trinajstić information content (AvgIpc) is 2.42. The van der Waals surface area contributed by atoms with Crippen LogP contribution in [-0.2, 0) is 4.57 Å². The largest absolute Gasteiger partial charge is 0.337 e. The summed E-state index contributed by atoms with van der Waals surface area (Å²) in [5, 5.41) is 8.45. The van der Waals surface area contributed by atoms with Crippen molar-refractivity contribution in [3.63, 3.8) is 0 Å². The van der Waals surface area contributed by atoms with Crippen LogP contribution in [0.15, 0.2) is 60.7 Å². The average molecular weight is 279 g/mol. The monoisotopic (exact) mass is 278 g/mol. The summed E-state index contributed by atoms with van der Waals surface area (Å²) in [4.78, 5) is 0. The predicted molar refractivity (Wildman–Crippen MR) is 75.4 cm³/mol. The Bertz CT molecular complexity index is 523. The molecular formula is C13H12ClN2OP. The van der Waals surface area contributed by atoms with Gasteiger partial charge in [0.1, 0.15) is 0 Å². The van der Waals surface area contributed by atoms with Crippen LogP contribution >= 0.6 is 17.7 Å². The molecule has 0 aliphatic carbocycles. The maximum atomic E-state index is 12.4. The summed E-state index contributed by atoms with van der Waals surface area (Å²) in [7, 11) is 0. The van der Waals surface area contributed by atoms with Crippen LogP contribution in [-0.4, -0.2) is 0 Å². The molecule has 0 aliphatic rings. The molecule has 0 aliphatic heterocycles. The Morgan fingerprint density at radius 3 is 1.50 bits per heavy atom. The summed E-state index contributed by atoms with van der Waals surface area (Å²) in [5.41, 5.74) is 4.15. The summed E-state index contributed by atoms with van der Waals surface area (Å²) >= 11 is 6.14. The molecule has 92 valence electrons. The van der Waals surface area contributed by atoms with Crippen molar-refractivity contribution in [1.82, 2.24) is 0 Å². The highest BCUT2D eigenvalue weighted by molar-refractivity contribution is 8.00. The molecule has 0 aromatic heterocycles. The van der Waals surface area contributed by atoms with Crippen LogP contribution in [0, 0.1) is 11.5 Å². The second kappa shape index (κ2) is 6.86. The number of halogens is 1. The molecule has 0 fully saturated rings. The quantitative estimate of drug-likeness (QED) is 0.521. The molecular weight excluding hydrogens is 267 g/mol. The number of hydrogen-bond acceptors (Lipinski definition) is 3. The molecule has 0 bridgehead atoms. The Balaban J connectivity index is 0.000000492. The Morgan fingerprint density at radius 2 is 1.22 bits per heavy atom. The number of benzene rings is 2. The molecule has 2 N–H and O–H groups in total. The van der Waals surface area contributed by atoms with Gasteiger partial charge in [-0.1, -0.05) is 60.7 Å². The Labute approximate surface area is 111 Å². The number of hydrogen-bond donors (Lipinski definition) is 1. The normalized spacial score (nSPS) is 9.78. The van der Waals surface area contributed by atoms with Gasteiger partial charge in [-0.25, -0.2) is 0 Å². The van der Waals surface area contributed by atoms with Crippen molar-refractivity contribution in [1.29, 1.82) is 5.26 Å². The van der Waals surface area contributed by atoms with Gasteiger partial charge in [0.15, 0.2) is 6.19 Å². The summed E-state index contributed by atoms with van der Waals surface area (Å²) in [6, 6.07) is 18.3. The standard InChI is InChI=1S/C12H10ClOP.CH2N2/c13-15(14,11-7-3-1-4-8-11)12-9-5-2-6-10-12;2-1-3/h1-10H;2H2. The van der Waals surface area contributed by atoms with Crippen molar-refractivity contribution in [3.8, 4) is 6.19 Å². The highest BCUT2D eigenvalue weighted by Crippen LogP contribution is 2.48. The number of nitrogens with two attached hydrogens (primary N) is 1. The molecule has 2 aromatic carbocycles. The predicted octanol–water partition coefficient (Wildman–Crippen LogP) is 2.58. The van der Waals surface area contributed by atoms with Gasteiger partial charge in [-0.05, 0) is 11.2 Å². The van der Waals surface area contributed by atoms with Crippen molar-refractivity contribution in [2.45, 2.75) is 0 Å². The van der Waals surface area contributed by atoms with Gasteiger partial charge >= 0.3 is 0 Å². The third kappa shape index (κ3) is 3.63. The first-order valence-electron chi connectivity index (χ1n) is 5.13. The van der Waals surface area contributed by atoms with Crippen LogP contribution in [0.5, 0.6) is 0 Å². The van der Waals surface area contributed by atoms with Gasteiger partial charge in [0.25, 0.3) is 0 Å². The highest BCUT2D eigenvalue weighted by atomic mass is 35.7. The van der Waals surface area contributed by atoms with E-state index in [1.807, 2.05) is 36.4 Å². The third-order valence-corrected chi connectivity index (χ3v) is 5.27. The fourth-order valence-corrected chi connectivity index (χ4v) is 3.47. The van der Waals surface area contributed by atoms with Crippen molar-refractivity contribution in [2.24, 2.45) is 5.73 Å². The van der Waals surface area contributed by atoms with E-state index in [0.717, 1.165) is 0 Å². The lowest BCUT2D eigenvalue weighted by atomic mass is 10.4. The molecule has 0 unspecified atom stereocenters. The van der Waals surface area contributed by atoms with Crippen LogP contribution in [0.4, 0.5) is 0 Å². The van der Waals surface area contributed by atoms with Crippen LogP contribution in [0.1, 0.15) is 0 Å². The Morgan fingerprint density at radius 1 is 0.944 bits per heavy atom. The zero-order valence-electron chi connectivity index (χ0n) is 9.53. The lowest BCUT2D eigenvalue weighted by molar-refractivity contribution is 0.595. The van der Waals surface area contributed by atoms with Crippen LogP contribution in [0.25, 0.3) is 0 Å². The Hall–Kier alpha value is -1.75. The molecule has 2 aromatic rings. The van der Waals surface area contributed by atoms with Gasteiger partial charge in [0.2, 0.25) is 6.49 Å². The highest BCUT2D eigenvalue weighted by Gasteiger charge is 2.23. The fourth-order valence-electron chi connectivity index (χ4n) is 1.39. The molecule has 0 saturated heterocycles. The molecule has 18 heavy (non-hydrogen) atoms. The second-order valence-corrected chi connectivity index (χ2v) is 6.86. The molecule has 0 saturated carbocycles. The van der Waals surface area contributed by atoms with Gasteiger partial charge in [-0.15, -0.1) is 0 Å². The van der Waals surface area contributed by atoms with Crippen molar-refractivity contribution in [3.05, 3.63) is 60.7 Å². The number of rotatable bonds is 2. The first kappa shape index (κ1) is 14.3. The first-order chi connectivity index (χ1) is 8.62. The topological polar surface area (TPSA) is 66.9 Å². The second-order valence-electron chi connectivity index (χ2n) is 3.33. The van der Waals surface area contributed by atoms with Gasteiger partial charge in [0.05, 0.1) is 0 Å². The molecule has 3 nitrogen and oxygen atoms in total. The maximum absolute atomic E-state index is 12.4. The number of nitrogens with zero attached hydrogens (tertiary/aromatic N) is 1. The third-order valence-electron chi connectivity index (χ3n) is 2.18. The number of nitriles is 1. The van der Waals surface area contributed by atoms with Crippen LogP contribution in [0.3, 0.4) is 0 Å². The summed E-state index contributed by atoms with van der Waals surface area (Å²) in [5.74, 6) is 0. The van der Waals surface area contributed by atoms with Crippen LogP contribution < -0.4 is 16.3 Å². The minimum absolute atomic E-state index is 0.679. The zero-order valence-corrected chi connectivity index (χ0v) is 11.2. The lowest BCUT2D eigenvalue weighted by Gasteiger charge is -2.10. The van der Waals surface area contributed by atoms with Gasteiger partial charge in [-0.3, -0.25) is 4.57 Å². The molecule has 0 amide bonds. The van der Waals surface area contributed by atoms with Gasteiger partial charge < -0.3 is 5.73 Å². The van der Waals surface area contributed by atoms with Gasteiger partial charge in [-0.2, -0.15) is 5.26 Å². The van der Waals surface area contributed by atoms with Crippen molar-refractivity contribution in [2.75, 3.05) is 0 Å². The van der Waals surface area contributed by atoms with Crippen LogP contribution in [0.2, 0.25) is 0 Å². The SMILES string of the molecule is N#CN.O=P(Cl)(c1ccccc1)c1ccccc1. The van der Waals surface area contributed by atoms with E-state index in [1.165, 1.54) is 6.19 Å². The molecule has 2 rings (SSSR count). The first-order valence-corrected chi connectivity index (χ1v) is 7.74. The minimum Gasteiger partial charge on any atom is -0.337 e. The minimum atomic E-state index is -2.93. The van der Waals surface area contributed by atoms with Gasteiger partial charge in [0, 0.05) is 10.6 Å². The van der Waals surface area contributed by atoms with E-state index in [0.29, 0.717) is 10.6 Å². The van der Waals surface area contributed by atoms with E-state index < -0.39 is 6.49 Å². The van der Waals surface area contributed by atoms with Crippen molar-refractivity contribution < 1.29 is 4.57 Å². The maximum Gasteiger partial charge on any atom is 0.225 e. The van der Waals surface area contributed by atoms with E-state index in [9.17, 15) is 4.57 Å². The Kier molecular flexibility index (Phi) is 5.45. The van der Waals surface area contributed by atoms with E-state index in [1.54, 1.807) is 24.3 Å². The smallest absolute Gasteiger partial charge is 0.225 e. The van der Waals surface area contributed by atoms with E-state index in [4.69, 9.17) is 16.5 Å². The van der Waals surface area contributed by atoms with E-state index in [-0.39, 0.29) is 0 Å². The van der Waals surface area contributed by atoms with E-state index in [2.05, 4.69) is 5.73 Å². The van der Waals surface area contributed by atoms with E-state index >= 15 is 0 Å².